The number of aryl methyl sites for hydroxylation is 2. The first-order chi connectivity index (χ1) is 15.5. The van der Waals surface area contributed by atoms with Gasteiger partial charge >= 0.3 is 6.18 Å². The van der Waals surface area contributed by atoms with Crippen molar-refractivity contribution >= 4 is 27.0 Å². The maximum Gasteiger partial charge on any atom is 0.449 e. The van der Waals surface area contributed by atoms with Gasteiger partial charge in [0.05, 0.1) is 11.0 Å². The summed E-state index contributed by atoms with van der Waals surface area (Å²) in [6.07, 6.45) is -4.39. The number of benzene rings is 1. The molecule has 0 aliphatic carbocycles. The van der Waals surface area contributed by atoms with E-state index in [1.165, 1.54) is 35.2 Å². The Balaban J connectivity index is 1.54. The number of halogens is 3. The Kier molecular flexibility index (Phi) is 5.95. The van der Waals surface area contributed by atoms with Gasteiger partial charge in [-0.1, -0.05) is 17.3 Å². The van der Waals surface area contributed by atoms with Crippen molar-refractivity contribution < 1.29 is 30.9 Å². The number of hydrogen-bond acceptors (Lipinski definition) is 6. The molecule has 0 saturated carbocycles. The minimum atomic E-state index is -4.72. The quantitative estimate of drug-likeness (QED) is 0.563. The summed E-state index contributed by atoms with van der Waals surface area (Å²) in [5, 5.41) is 3.69. The van der Waals surface area contributed by atoms with Crippen molar-refractivity contribution in [3.63, 3.8) is 0 Å². The van der Waals surface area contributed by atoms with Crippen molar-refractivity contribution in [2.45, 2.75) is 37.9 Å². The second-order valence-corrected chi connectivity index (χ2v) is 9.67. The highest BCUT2D eigenvalue weighted by molar-refractivity contribution is 7.89. The number of amides is 1. The van der Waals surface area contributed by atoms with Gasteiger partial charge in [0, 0.05) is 26.2 Å². The molecule has 13 heteroatoms. The molecule has 33 heavy (non-hydrogen) atoms. The summed E-state index contributed by atoms with van der Waals surface area (Å²) in [4.78, 5) is 18.0. The highest BCUT2D eigenvalue weighted by Crippen LogP contribution is 2.31. The third kappa shape index (κ3) is 4.34. The molecule has 9 nitrogen and oxygen atoms in total. The van der Waals surface area contributed by atoms with Crippen LogP contribution in [0.25, 0.3) is 11.0 Å². The SMILES string of the molecule is Cc1noc(C)c1S(=O)(=O)N1CCCN(C(=O)Cn2c(C(F)(F)F)nc3ccccc32)CC1. The lowest BCUT2D eigenvalue weighted by Gasteiger charge is -2.22. The van der Waals surface area contributed by atoms with Gasteiger partial charge in [0.25, 0.3) is 0 Å². The molecule has 0 N–H and O–H groups in total. The molecular formula is C20H22F3N5O4S. The Bertz CT molecular complexity index is 1280. The molecule has 1 amide bonds. The molecule has 3 aromatic rings. The van der Waals surface area contributed by atoms with Crippen LogP contribution in [0.4, 0.5) is 13.2 Å². The topological polar surface area (TPSA) is 102 Å². The number of carbonyl (C=O) groups is 1. The van der Waals surface area contributed by atoms with E-state index in [0.29, 0.717) is 6.42 Å². The predicted octanol–water partition coefficient (Wildman–Crippen LogP) is 2.58. The van der Waals surface area contributed by atoms with Gasteiger partial charge in [-0.05, 0) is 32.4 Å². The molecule has 0 radical (unpaired) electrons. The molecule has 0 bridgehead atoms. The Labute approximate surface area is 187 Å². The van der Waals surface area contributed by atoms with Crippen LogP contribution >= 0.6 is 0 Å². The van der Waals surface area contributed by atoms with Crippen LogP contribution in [0.3, 0.4) is 0 Å². The molecule has 1 aromatic carbocycles. The van der Waals surface area contributed by atoms with E-state index in [2.05, 4.69) is 10.1 Å². The van der Waals surface area contributed by atoms with Gasteiger partial charge in [-0.25, -0.2) is 13.4 Å². The highest BCUT2D eigenvalue weighted by atomic mass is 32.2. The number of fused-ring (bicyclic) bond motifs is 1. The molecule has 178 valence electrons. The van der Waals surface area contributed by atoms with Crippen molar-refractivity contribution in [2.24, 2.45) is 0 Å². The van der Waals surface area contributed by atoms with Crippen LogP contribution in [0, 0.1) is 13.8 Å². The maximum absolute atomic E-state index is 13.5. The van der Waals surface area contributed by atoms with E-state index in [-0.39, 0.29) is 53.6 Å². The zero-order valence-electron chi connectivity index (χ0n) is 18.0. The van der Waals surface area contributed by atoms with E-state index >= 15 is 0 Å². The zero-order chi connectivity index (χ0) is 24.0. The second-order valence-electron chi connectivity index (χ2n) is 7.80. The third-order valence-corrected chi connectivity index (χ3v) is 7.72. The molecule has 3 heterocycles. The van der Waals surface area contributed by atoms with E-state index in [4.69, 9.17) is 4.52 Å². The van der Waals surface area contributed by atoms with Crippen LogP contribution in [0.2, 0.25) is 0 Å². The molecular weight excluding hydrogens is 463 g/mol. The van der Waals surface area contributed by atoms with Gasteiger partial charge in [-0.2, -0.15) is 17.5 Å². The number of carbonyl (C=O) groups excluding carboxylic acids is 1. The normalized spacial score (nSPS) is 16.3. The zero-order valence-corrected chi connectivity index (χ0v) is 18.8. The summed E-state index contributed by atoms with van der Waals surface area (Å²) < 4.78 is 73.8. The third-order valence-electron chi connectivity index (χ3n) is 5.57. The average molecular weight is 485 g/mol. The van der Waals surface area contributed by atoms with Crippen LogP contribution in [0.1, 0.15) is 23.7 Å². The van der Waals surface area contributed by atoms with Gasteiger partial charge in [-0.15, -0.1) is 0 Å². The summed E-state index contributed by atoms with van der Waals surface area (Å²) >= 11 is 0. The lowest BCUT2D eigenvalue weighted by atomic mass is 10.3. The summed E-state index contributed by atoms with van der Waals surface area (Å²) in [6, 6.07) is 6.08. The number of aromatic nitrogens is 3. The fourth-order valence-corrected chi connectivity index (χ4v) is 5.80. The molecule has 1 aliphatic rings. The molecule has 4 rings (SSSR count). The lowest BCUT2D eigenvalue weighted by Crippen LogP contribution is -2.39. The number of rotatable bonds is 4. The van der Waals surface area contributed by atoms with Gasteiger partial charge in [0.15, 0.2) is 5.76 Å². The molecule has 1 fully saturated rings. The van der Waals surface area contributed by atoms with E-state index in [9.17, 15) is 26.4 Å². The molecule has 1 saturated heterocycles. The minimum absolute atomic E-state index is 0.00183. The Morgan fingerprint density at radius 2 is 1.85 bits per heavy atom. The van der Waals surface area contributed by atoms with Crippen LogP contribution in [-0.2, 0) is 27.5 Å². The molecule has 2 aromatic heterocycles. The van der Waals surface area contributed by atoms with Gasteiger partial charge in [0.1, 0.15) is 17.1 Å². The van der Waals surface area contributed by atoms with E-state index in [1.54, 1.807) is 12.1 Å². The maximum atomic E-state index is 13.5. The number of imidazole rings is 1. The van der Waals surface area contributed by atoms with E-state index in [1.807, 2.05) is 0 Å². The first kappa shape index (κ1) is 23.2. The number of para-hydroxylation sites is 2. The fourth-order valence-electron chi connectivity index (χ4n) is 4.04. The van der Waals surface area contributed by atoms with Crippen LogP contribution in [0.5, 0.6) is 0 Å². The Morgan fingerprint density at radius 3 is 2.52 bits per heavy atom. The van der Waals surface area contributed by atoms with E-state index in [0.717, 1.165) is 4.57 Å². The first-order valence-corrected chi connectivity index (χ1v) is 11.7. The molecule has 0 atom stereocenters. The summed E-state index contributed by atoms with van der Waals surface area (Å²) in [7, 11) is -3.88. The van der Waals surface area contributed by atoms with Crippen molar-refractivity contribution in [3.05, 3.63) is 41.5 Å². The monoisotopic (exact) mass is 485 g/mol. The number of nitrogens with zero attached hydrogens (tertiary/aromatic N) is 5. The van der Waals surface area contributed by atoms with Crippen molar-refractivity contribution in [1.82, 2.24) is 23.9 Å². The summed E-state index contributed by atoms with van der Waals surface area (Å²) in [5.74, 6) is -1.51. The van der Waals surface area contributed by atoms with Gasteiger partial charge < -0.3 is 14.0 Å². The van der Waals surface area contributed by atoms with Crippen molar-refractivity contribution in [2.75, 3.05) is 26.2 Å². The number of hydrogen-bond donors (Lipinski definition) is 0. The Hall–Kier alpha value is -2.93. The number of sulfonamides is 1. The second kappa shape index (κ2) is 8.45. The predicted molar refractivity (Wildman–Crippen MR) is 111 cm³/mol. The molecule has 0 spiro atoms. The van der Waals surface area contributed by atoms with Gasteiger partial charge in [-0.3, -0.25) is 4.79 Å². The summed E-state index contributed by atoms with van der Waals surface area (Å²) in [5.41, 5.74) is 0.595. The lowest BCUT2D eigenvalue weighted by molar-refractivity contribution is -0.148. The largest absolute Gasteiger partial charge is 0.449 e. The standard InChI is InChI=1S/C20H22F3N5O4S/c1-13-18(14(2)32-25-13)33(30,31)27-9-5-8-26(10-11-27)17(29)12-28-16-7-4-3-6-15(16)24-19(28)20(21,22)23/h3-4,6-7H,5,8-12H2,1-2H3. The molecule has 1 aliphatic heterocycles. The van der Waals surface area contributed by atoms with E-state index < -0.39 is 34.5 Å². The van der Waals surface area contributed by atoms with Crippen LogP contribution < -0.4 is 0 Å². The fraction of sp³-hybridized carbons (Fsp3) is 0.450. The smallest absolute Gasteiger partial charge is 0.360 e. The first-order valence-electron chi connectivity index (χ1n) is 10.2. The minimum Gasteiger partial charge on any atom is -0.360 e. The highest BCUT2D eigenvalue weighted by Gasteiger charge is 2.38. The van der Waals surface area contributed by atoms with Crippen LogP contribution in [-0.4, -0.2) is 64.4 Å². The van der Waals surface area contributed by atoms with Gasteiger partial charge in [0.2, 0.25) is 21.8 Å². The Morgan fingerprint density at radius 1 is 1.12 bits per heavy atom. The van der Waals surface area contributed by atoms with Crippen molar-refractivity contribution in [3.8, 4) is 0 Å². The summed E-state index contributed by atoms with van der Waals surface area (Å²) in [6.45, 7) is 2.94. The van der Waals surface area contributed by atoms with Crippen molar-refractivity contribution in [1.29, 1.82) is 0 Å². The average Bonchev–Trinajstić information content (AvgIpc) is 3.16. The molecule has 0 unspecified atom stereocenters. The van der Waals surface area contributed by atoms with Crippen LogP contribution in [0.15, 0.2) is 33.7 Å². The number of alkyl halides is 3.